The quantitative estimate of drug-likeness (QED) is 0.758. The first-order valence-corrected chi connectivity index (χ1v) is 7.69. The number of carbonyl (C=O) groups is 2. The highest BCUT2D eigenvalue weighted by Crippen LogP contribution is 2.24. The molecule has 0 aliphatic heterocycles. The number of thioether (sulfide) groups is 1. The maximum atomic E-state index is 11.6. The van der Waals surface area contributed by atoms with Crippen LogP contribution in [0.5, 0.6) is 0 Å². The fourth-order valence-corrected chi connectivity index (χ4v) is 2.42. The van der Waals surface area contributed by atoms with Crippen LogP contribution in [-0.4, -0.2) is 29.3 Å². The number of hydrogen-bond donors (Lipinski definition) is 2. The molecule has 0 aliphatic carbocycles. The van der Waals surface area contributed by atoms with E-state index in [2.05, 4.69) is 19.2 Å². The van der Waals surface area contributed by atoms with Gasteiger partial charge in [0.25, 0.3) is 0 Å². The number of nitrogens with one attached hydrogen (secondary N) is 1. The Bertz CT molecular complexity index is 491. The Labute approximate surface area is 127 Å². The summed E-state index contributed by atoms with van der Waals surface area (Å²) in [4.78, 5) is 23.3. The molecule has 0 atom stereocenters. The Morgan fingerprint density at radius 3 is 2.70 bits per heavy atom. The second kappa shape index (κ2) is 8.17. The molecule has 0 saturated carbocycles. The van der Waals surface area contributed by atoms with Crippen LogP contribution in [0.4, 0.5) is 0 Å². The summed E-state index contributed by atoms with van der Waals surface area (Å²) in [6.45, 7) is 4.86. The van der Waals surface area contributed by atoms with Crippen LogP contribution in [-0.2, 0) is 4.79 Å². The number of benzene rings is 1. The summed E-state index contributed by atoms with van der Waals surface area (Å²) in [5.41, 5.74) is 0.0527. The van der Waals surface area contributed by atoms with Gasteiger partial charge < -0.3 is 10.4 Å². The van der Waals surface area contributed by atoms with Crippen LogP contribution in [0.25, 0.3) is 0 Å². The minimum absolute atomic E-state index is 0.0527. The minimum Gasteiger partial charge on any atom is -0.478 e. The zero-order valence-electron chi connectivity index (χ0n) is 11.5. The molecular formula is C14H18ClNO3S. The summed E-state index contributed by atoms with van der Waals surface area (Å²) in [5.74, 6) is -0.308. The number of amides is 1. The molecular weight excluding hydrogens is 298 g/mol. The van der Waals surface area contributed by atoms with E-state index in [0.717, 1.165) is 6.42 Å². The van der Waals surface area contributed by atoms with Crippen LogP contribution >= 0.6 is 23.4 Å². The van der Waals surface area contributed by atoms with Gasteiger partial charge in [-0.05, 0) is 30.5 Å². The number of aromatic carboxylic acids is 1. The van der Waals surface area contributed by atoms with Crippen molar-refractivity contribution >= 4 is 35.2 Å². The van der Waals surface area contributed by atoms with Crippen LogP contribution < -0.4 is 5.32 Å². The third kappa shape index (κ3) is 5.84. The van der Waals surface area contributed by atoms with Crippen LogP contribution in [0, 0.1) is 5.92 Å². The molecule has 0 saturated heterocycles. The topological polar surface area (TPSA) is 66.4 Å². The Hall–Kier alpha value is -1.20. The van der Waals surface area contributed by atoms with E-state index in [1.54, 1.807) is 6.07 Å². The smallest absolute Gasteiger partial charge is 0.337 e. The number of carbonyl (C=O) groups excluding carboxylic acids is 1. The maximum Gasteiger partial charge on any atom is 0.337 e. The number of hydrogen-bond acceptors (Lipinski definition) is 3. The predicted octanol–water partition coefficient (Wildman–Crippen LogP) is 3.29. The van der Waals surface area contributed by atoms with Gasteiger partial charge in [-0.15, -0.1) is 11.8 Å². The lowest BCUT2D eigenvalue weighted by atomic mass is 10.1. The molecule has 110 valence electrons. The van der Waals surface area contributed by atoms with E-state index in [0.29, 0.717) is 17.4 Å². The first kappa shape index (κ1) is 16.9. The van der Waals surface area contributed by atoms with Gasteiger partial charge in [-0.25, -0.2) is 4.79 Å². The zero-order valence-corrected chi connectivity index (χ0v) is 13.1. The van der Waals surface area contributed by atoms with Gasteiger partial charge >= 0.3 is 5.97 Å². The van der Waals surface area contributed by atoms with E-state index in [4.69, 9.17) is 16.7 Å². The van der Waals surface area contributed by atoms with Crippen molar-refractivity contribution in [2.24, 2.45) is 5.92 Å². The Balaban J connectivity index is 2.47. The summed E-state index contributed by atoms with van der Waals surface area (Å²) >= 11 is 7.08. The van der Waals surface area contributed by atoms with E-state index in [-0.39, 0.29) is 22.2 Å². The summed E-state index contributed by atoms with van der Waals surface area (Å²) < 4.78 is 0. The highest BCUT2D eigenvalue weighted by atomic mass is 35.5. The largest absolute Gasteiger partial charge is 0.478 e. The summed E-state index contributed by atoms with van der Waals surface area (Å²) in [6.07, 6.45) is 0.945. The van der Waals surface area contributed by atoms with E-state index in [9.17, 15) is 9.59 Å². The maximum absolute atomic E-state index is 11.6. The fourth-order valence-electron chi connectivity index (χ4n) is 1.46. The number of rotatable bonds is 7. The Morgan fingerprint density at radius 2 is 2.10 bits per heavy atom. The molecule has 1 aromatic rings. The van der Waals surface area contributed by atoms with Crippen molar-refractivity contribution < 1.29 is 14.7 Å². The van der Waals surface area contributed by atoms with Crippen molar-refractivity contribution in [3.8, 4) is 0 Å². The van der Waals surface area contributed by atoms with E-state index < -0.39 is 5.97 Å². The normalized spacial score (nSPS) is 10.6. The van der Waals surface area contributed by atoms with Gasteiger partial charge in [0.1, 0.15) is 0 Å². The lowest BCUT2D eigenvalue weighted by Gasteiger charge is -2.07. The summed E-state index contributed by atoms with van der Waals surface area (Å²) in [5, 5.41) is 12.0. The number of halogens is 1. The predicted molar refractivity (Wildman–Crippen MR) is 81.6 cm³/mol. The van der Waals surface area contributed by atoms with Crippen molar-refractivity contribution in [3.63, 3.8) is 0 Å². The van der Waals surface area contributed by atoms with Crippen molar-refractivity contribution in [2.45, 2.75) is 25.2 Å². The SMILES string of the molecule is CC(C)CCNC(=O)CSc1ccc(Cl)c(C(=O)O)c1. The molecule has 0 heterocycles. The first-order chi connectivity index (χ1) is 9.40. The fraction of sp³-hybridized carbons (Fsp3) is 0.429. The van der Waals surface area contributed by atoms with Crippen molar-refractivity contribution in [1.29, 1.82) is 0 Å². The molecule has 4 nitrogen and oxygen atoms in total. The highest BCUT2D eigenvalue weighted by Gasteiger charge is 2.10. The summed E-state index contributed by atoms with van der Waals surface area (Å²) in [7, 11) is 0. The van der Waals surface area contributed by atoms with E-state index in [1.165, 1.54) is 23.9 Å². The van der Waals surface area contributed by atoms with Crippen molar-refractivity contribution in [3.05, 3.63) is 28.8 Å². The highest BCUT2D eigenvalue weighted by molar-refractivity contribution is 8.00. The van der Waals surface area contributed by atoms with E-state index in [1.807, 2.05) is 0 Å². The molecule has 20 heavy (non-hydrogen) atoms. The molecule has 0 aliphatic rings. The zero-order chi connectivity index (χ0) is 15.1. The Morgan fingerprint density at radius 1 is 1.40 bits per heavy atom. The molecule has 1 amide bonds. The van der Waals surface area contributed by atoms with Crippen LogP contribution in [0.3, 0.4) is 0 Å². The van der Waals surface area contributed by atoms with Gasteiger partial charge in [-0.2, -0.15) is 0 Å². The third-order valence-electron chi connectivity index (χ3n) is 2.58. The van der Waals surface area contributed by atoms with Crippen LogP contribution in [0.1, 0.15) is 30.6 Å². The molecule has 2 N–H and O–H groups in total. The number of carboxylic acid groups (broad SMARTS) is 1. The first-order valence-electron chi connectivity index (χ1n) is 6.32. The van der Waals surface area contributed by atoms with Gasteiger partial charge in [0, 0.05) is 11.4 Å². The molecule has 0 radical (unpaired) electrons. The van der Waals surface area contributed by atoms with Crippen molar-refractivity contribution in [2.75, 3.05) is 12.3 Å². The third-order valence-corrected chi connectivity index (χ3v) is 3.91. The average molecular weight is 316 g/mol. The lowest BCUT2D eigenvalue weighted by Crippen LogP contribution is -2.26. The lowest BCUT2D eigenvalue weighted by molar-refractivity contribution is -0.118. The van der Waals surface area contributed by atoms with Gasteiger partial charge in [0.15, 0.2) is 0 Å². The second-order valence-corrected chi connectivity index (χ2v) is 6.22. The second-order valence-electron chi connectivity index (χ2n) is 4.77. The van der Waals surface area contributed by atoms with Crippen LogP contribution in [0.15, 0.2) is 23.1 Å². The van der Waals surface area contributed by atoms with Gasteiger partial charge in [-0.3, -0.25) is 4.79 Å². The average Bonchev–Trinajstić information content (AvgIpc) is 2.37. The molecule has 0 aromatic heterocycles. The minimum atomic E-state index is -1.07. The molecule has 0 spiro atoms. The number of carboxylic acids is 1. The van der Waals surface area contributed by atoms with E-state index >= 15 is 0 Å². The molecule has 1 rings (SSSR count). The molecule has 0 unspecified atom stereocenters. The van der Waals surface area contributed by atoms with Gasteiger partial charge in [-0.1, -0.05) is 25.4 Å². The molecule has 0 bridgehead atoms. The standard InChI is InChI=1S/C14H18ClNO3S/c1-9(2)5-6-16-13(17)8-20-10-3-4-12(15)11(7-10)14(18)19/h3-4,7,9H,5-6,8H2,1-2H3,(H,16,17)(H,18,19). The monoisotopic (exact) mass is 315 g/mol. The van der Waals surface area contributed by atoms with Crippen molar-refractivity contribution in [1.82, 2.24) is 5.32 Å². The van der Waals surface area contributed by atoms with Gasteiger partial charge in [0.2, 0.25) is 5.91 Å². The molecule has 0 fully saturated rings. The molecule has 6 heteroatoms. The summed E-state index contributed by atoms with van der Waals surface area (Å²) in [6, 6.07) is 4.72. The van der Waals surface area contributed by atoms with Gasteiger partial charge in [0.05, 0.1) is 16.3 Å². The molecule has 1 aromatic carbocycles. The Kier molecular flexibility index (Phi) is 6.88. The van der Waals surface area contributed by atoms with Crippen LogP contribution in [0.2, 0.25) is 5.02 Å².